The SMILES string of the molecule is C#CC(CC)NC(=O)c1cnn(C)c1C. The zero-order chi connectivity index (χ0) is 11.4. The Hall–Kier alpha value is -1.76. The number of nitrogens with one attached hydrogen (secondary N) is 1. The molecule has 4 nitrogen and oxygen atoms in total. The molecular formula is C11H15N3O. The van der Waals surface area contributed by atoms with Gasteiger partial charge in [-0.3, -0.25) is 9.48 Å². The minimum absolute atomic E-state index is 0.162. The van der Waals surface area contributed by atoms with Crippen molar-refractivity contribution >= 4 is 5.91 Å². The number of nitrogens with zero attached hydrogens (tertiary/aromatic N) is 2. The summed E-state index contributed by atoms with van der Waals surface area (Å²) in [7, 11) is 1.80. The highest BCUT2D eigenvalue weighted by Crippen LogP contribution is 2.05. The third-order valence-corrected chi connectivity index (χ3v) is 2.39. The van der Waals surface area contributed by atoms with E-state index in [0.717, 1.165) is 12.1 Å². The van der Waals surface area contributed by atoms with Crippen molar-refractivity contribution in [3.8, 4) is 12.3 Å². The van der Waals surface area contributed by atoms with E-state index in [4.69, 9.17) is 6.42 Å². The van der Waals surface area contributed by atoms with Crippen LogP contribution in [0.1, 0.15) is 29.4 Å². The topological polar surface area (TPSA) is 46.9 Å². The molecule has 4 heteroatoms. The molecule has 0 saturated heterocycles. The Morgan fingerprint density at radius 3 is 2.87 bits per heavy atom. The van der Waals surface area contributed by atoms with Crippen LogP contribution in [0.5, 0.6) is 0 Å². The molecule has 0 aliphatic heterocycles. The zero-order valence-corrected chi connectivity index (χ0v) is 9.24. The lowest BCUT2D eigenvalue weighted by Gasteiger charge is -2.09. The Bertz CT molecular complexity index is 400. The fraction of sp³-hybridized carbons (Fsp3) is 0.455. The fourth-order valence-electron chi connectivity index (χ4n) is 1.22. The molecule has 0 bridgehead atoms. The second-order valence-electron chi connectivity index (χ2n) is 3.37. The van der Waals surface area contributed by atoms with Crippen LogP contribution in [0.4, 0.5) is 0 Å². The molecule has 1 aromatic rings. The number of carbonyl (C=O) groups is 1. The van der Waals surface area contributed by atoms with Gasteiger partial charge in [-0.05, 0) is 13.3 Å². The number of aryl methyl sites for hydroxylation is 1. The molecule has 80 valence electrons. The van der Waals surface area contributed by atoms with Gasteiger partial charge in [0, 0.05) is 12.7 Å². The lowest BCUT2D eigenvalue weighted by Crippen LogP contribution is -2.33. The molecule has 1 amide bonds. The van der Waals surface area contributed by atoms with Crippen molar-refractivity contribution in [1.82, 2.24) is 15.1 Å². The van der Waals surface area contributed by atoms with Gasteiger partial charge in [-0.2, -0.15) is 5.10 Å². The van der Waals surface area contributed by atoms with E-state index < -0.39 is 0 Å². The van der Waals surface area contributed by atoms with Crippen molar-refractivity contribution in [2.45, 2.75) is 26.3 Å². The summed E-state index contributed by atoms with van der Waals surface area (Å²) in [5, 5.41) is 6.76. The first-order valence-electron chi connectivity index (χ1n) is 4.85. The predicted molar refractivity (Wildman–Crippen MR) is 58.3 cm³/mol. The van der Waals surface area contributed by atoms with Crippen LogP contribution in [-0.4, -0.2) is 21.7 Å². The highest BCUT2D eigenvalue weighted by Gasteiger charge is 2.14. The van der Waals surface area contributed by atoms with Gasteiger partial charge in [-0.1, -0.05) is 12.8 Å². The van der Waals surface area contributed by atoms with Crippen LogP contribution in [0.15, 0.2) is 6.20 Å². The summed E-state index contributed by atoms with van der Waals surface area (Å²) >= 11 is 0. The molecule has 1 heterocycles. The van der Waals surface area contributed by atoms with Gasteiger partial charge in [0.1, 0.15) is 0 Å². The van der Waals surface area contributed by atoms with Crippen LogP contribution in [0.2, 0.25) is 0 Å². The Kier molecular flexibility index (Phi) is 3.51. The summed E-state index contributed by atoms with van der Waals surface area (Å²) in [6, 6.07) is -0.211. The molecular weight excluding hydrogens is 190 g/mol. The van der Waals surface area contributed by atoms with Crippen molar-refractivity contribution in [2.24, 2.45) is 7.05 Å². The van der Waals surface area contributed by atoms with E-state index in [9.17, 15) is 4.79 Å². The third kappa shape index (κ3) is 2.38. The van der Waals surface area contributed by atoms with Crippen LogP contribution in [0.3, 0.4) is 0 Å². The van der Waals surface area contributed by atoms with E-state index in [1.165, 1.54) is 0 Å². The monoisotopic (exact) mass is 205 g/mol. The molecule has 0 aliphatic carbocycles. The van der Waals surface area contributed by atoms with E-state index in [-0.39, 0.29) is 11.9 Å². The zero-order valence-electron chi connectivity index (χ0n) is 9.24. The van der Waals surface area contributed by atoms with Gasteiger partial charge in [0.15, 0.2) is 0 Å². The quantitative estimate of drug-likeness (QED) is 0.744. The first-order chi connectivity index (χ1) is 7.10. The van der Waals surface area contributed by atoms with Crippen LogP contribution >= 0.6 is 0 Å². The maximum atomic E-state index is 11.7. The second-order valence-corrected chi connectivity index (χ2v) is 3.37. The van der Waals surface area contributed by atoms with E-state index in [1.807, 2.05) is 13.8 Å². The van der Waals surface area contributed by atoms with E-state index >= 15 is 0 Å². The average molecular weight is 205 g/mol. The molecule has 0 fully saturated rings. The molecule has 15 heavy (non-hydrogen) atoms. The minimum Gasteiger partial charge on any atom is -0.338 e. The number of carbonyl (C=O) groups excluding carboxylic acids is 1. The molecule has 0 aliphatic rings. The number of hydrogen-bond acceptors (Lipinski definition) is 2. The maximum absolute atomic E-state index is 11.7. The number of aromatic nitrogens is 2. The van der Waals surface area contributed by atoms with Gasteiger partial charge < -0.3 is 5.32 Å². The van der Waals surface area contributed by atoms with Crippen molar-refractivity contribution in [1.29, 1.82) is 0 Å². The second kappa shape index (κ2) is 4.65. The highest BCUT2D eigenvalue weighted by molar-refractivity contribution is 5.95. The summed E-state index contributed by atoms with van der Waals surface area (Å²) in [4.78, 5) is 11.7. The number of terminal acetylenes is 1. The van der Waals surface area contributed by atoms with Crippen LogP contribution in [-0.2, 0) is 7.05 Å². The van der Waals surface area contributed by atoms with Crippen molar-refractivity contribution < 1.29 is 4.79 Å². The molecule has 0 saturated carbocycles. The Balaban J connectivity index is 2.78. The Morgan fingerprint density at radius 2 is 2.47 bits per heavy atom. The highest BCUT2D eigenvalue weighted by atomic mass is 16.1. The molecule has 0 radical (unpaired) electrons. The van der Waals surface area contributed by atoms with E-state index in [1.54, 1.807) is 17.9 Å². The summed E-state index contributed by atoms with van der Waals surface area (Å²) < 4.78 is 1.66. The molecule has 1 atom stereocenters. The van der Waals surface area contributed by atoms with E-state index in [0.29, 0.717) is 5.56 Å². The van der Waals surface area contributed by atoms with Crippen molar-refractivity contribution in [2.75, 3.05) is 0 Å². The summed E-state index contributed by atoms with van der Waals surface area (Å²) in [6.45, 7) is 3.78. The Labute approximate surface area is 89.7 Å². The van der Waals surface area contributed by atoms with Gasteiger partial charge >= 0.3 is 0 Å². The normalized spacial score (nSPS) is 11.9. The number of hydrogen-bond donors (Lipinski definition) is 1. The van der Waals surface area contributed by atoms with Gasteiger partial charge in [0.2, 0.25) is 0 Å². The van der Waals surface area contributed by atoms with Gasteiger partial charge in [0.25, 0.3) is 5.91 Å². The summed E-state index contributed by atoms with van der Waals surface area (Å²) in [5.41, 5.74) is 1.41. The summed E-state index contributed by atoms with van der Waals surface area (Å²) in [5.74, 6) is 2.36. The van der Waals surface area contributed by atoms with E-state index in [2.05, 4.69) is 16.3 Å². The smallest absolute Gasteiger partial charge is 0.255 e. The lowest BCUT2D eigenvalue weighted by molar-refractivity contribution is 0.0944. The molecule has 1 N–H and O–H groups in total. The lowest BCUT2D eigenvalue weighted by atomic mass is 10.2. The third-order valence-electron chi connectivity index (χ3n) is 2.39. The maximum Gasteiger partial charge on any atom is 0.255 e. The number of amides is 1. The standard InChI is InChI=1S/C11H15N3O/c1-5-9(6-2)13-11(15)10-7-12-14(4)8(10)3/h1,7,9H,6H2,2-4H3,(H,13,15). The number of rotatable bonds is 3. The Morgan fingerprint density at radius 1 is 1.80 bits per heavy atom. The molecule has 1 aromatic heterocycles. The average Bonchev–Trinajstić information content (AvgIpc) is 2.56. The first kappa shape index (κ1) is 11.3. The van der Waals surface area contributed by atoms with Gasteiger partial charge in [-0.25, -0.2) is 0 Å². The first-order valence-corrected chi connectivity index (χ1v) is 4.85. The summed E-state index contributed by atoms with van der Waals surface area (Å²) in [6.07, 6.45) is 7.54. The molecule has 1 unspecified atom stereocenters. The fourth-order valence-corrected chi connectivity index (χ4v) is 1.22. The largest absolute Gasteiger partial charge is 0.338 e. The molecule has 0 spiro atoms. The van der Waals surface area contributed by atoms with Crippen LogP contribution in [0, 0.1) is 19.3 Å². The van der Waals surface area contributed by atoms with Gasteiger partial charge in [-0.15, -0.1) is 6.42 Å². The van der Waals surface area contributed by atoms with Crippen molar-refractivity contribution in [3.63, 3.8) is 0 Å². The van der Waals surface area contributed by atoms with Crippen LogP contribution in [0.25, 0.3) is 0 Å². The van der Waals surface area contributed by atoms with Crippen LogP contribution < -0.4 is 5.32 Å². The van der Waals surface area contributed by atoms with Crippen molar-refractivity contribution in [3.05, 3.63) is 17.5 Å². The minimum atomic E-state index is -0.211. The predicted octanol–water partition coefficient (Wildman–Crippen LogP) is 0.870. The molecule has 0 aromatic carbocycles. The molecule has 1 rings (SSSR count). The van der Waals surface area contributed by atoms with Gasteiger partial charge in [0.05, 0.1) is 17.8 Å².